The molecule has 0 bridgehead atoms. The molecule has 3 nitrogen and oxygen atoms in total. The molecular weight excluding hydrogens is 421 g/mol. The molecule has 0 fully saturated rings. The Hall–Kier alpha value is -3.43. The molecule has 5 heteroatoms. The summed E-state index contributed by atoms with van der Waals surface area (Å²) in [5.74, 6) is 0.109. The van der Waals surface area contributed by atoms with Crippen molar-refractivity contribution in [3.8, 4) is 6.07 Å². The van der Waals surface area contributed by atoms with E-state index in [9.17, 15) is 15.3 Å². The Morgan fingerprint density at radius 3 is 1.45 bits per heavy atom. The number of hydrogen-bond acceptors (Lipinski definition) is 3. The van der Waals surface area contributed by atoms with Crippen LogP contribution in [0.2, 0.25) is 0 Å². The predicted octanol–water partition coefficient (Wildman–Crippen LogP) is 1.74. The third-order valence-electron chi connectivity index (χ3n) is 6.28. The minimum atomic E-state index is -3.09. The second-order valence-corrected chi connectivity index (χ2v) is 12.2. The number of rotatable bonds is 6. The minimum absolute atomic E-state index is 0.109. The first-order chi connectivity index (χ1) is 16.0. The second kappa shape index (κ2) is 9.60. The van der Waals surface area contributed by atoms with E-state index in [1.807, 2.05) is 60.7 Å². The van der Waals surface area contributed by atoms with Gasteiger partial charge in [0.05, 0.1) is 11.6 Å². The van der Waals surface area contributed by atoms with Crippen molar-refractivity contribution in [2.75, 3.05) is 0 Å². The lowest BCUT2D eigenvalue weighted by Gasteiger charge is -2.37. The van der Waals surface area contributed by atoms with Gasteiger partial charge in [-0.1, -0.05) is 117 Å². The monoisotopic (exact) mass is 447 g/mol. The predicted molar refractivity (Wildman–Crippen MR) is 139 cm³/mol. The largest absolute Gasteiger partial charge is 0.488 e. The van der Waals surface area contributed by atoms with Crippen molar-refractivity contribution in [1.29, 1.82) is 5.26 Å². The molecule has 33 heavy (non-hydrogen) atoms. The third kappa shape index (κ3) is 3.94. The molecule has 4 rings (SSSR count). The van der Waals surface area contributed by atoms with E-state index >= 15 is 0 Å². The average molecular weight is 447 g/mol. The molecular formula is C28H26BNO2Si. The van der Waals surface area contributed by atoms with Crippen molar-refractivity contribution in [2.24, 2.45) is 0 Å². The van der Waals surface area contributed by atoms with E-state index in [4.69, 9.17) is 0 Å². The van der Waals surface area contributed by atoms with Crippen LogP contribution in [0.15, 0.2) is 103 Å². The Kier molecular flexibility index (Phi) is 6.62. The zero-order valence-corrected chi connectivity index (χ0v) is 19.8. The van der Waals surface area contributed by atoms with Gasteiger partial charge in [0.1, 0.15) is 0 Å². The molecule has 0 heterocycles. The summed E-state index contributed by atoms with van der Waals surface area (Å²) in [5, 5.41) is 35.5. The fourth-order valence-corrected chi connectivity index (χ4v) is 10.0. The zero-order chi connectivity index (χ0) is 23.4. The van der Waals surface area contributed by atoms with Crippen LogP contribution in [0, 0.1) is 11.3 Å². The molecule has 0 saturated carbocycles. The maximum absolute atomic E-state index is 10.5. The molecule has 0 aliphatic rings. The topological polar surface area (TPSA) is 64.2 Å². The fraction of sp³-hybridized carbons (Fsp3) is 0.107. The van der Waals surface area contributed by atoms with Gasteiger partial charge in [0.25, 0.3) is 0 Å². The number of nitriles is 1. The van der Waals surface area contributed by atoms with E-state index in [2.05, 4.69) is 56.3 Å². The first-order valence-corrected chi connectivity index (χ1v) is 13.1. The van der Waals surface area contributed by atoms with Crippen LogP contribution in [0.1, 0.15) is 30.9 Å². The van der Waals surface area contributed by atoms with E-state index in [1.54, 1.807) is 6.07 Å². The molecule has 0 saturated heterocycles. The van der Waals surface area contributed by atoms with Crippen molar-refractivity contribution >= 4 is 41.4 Å². The van der Waals surface area contributed by atoms with Crippen LogP contribution in [0.3, 0.4) is 0 Å². The molecule has 0 aliphatic carbocycles. The van der Waals surface area contributed by atoms with E-state index in [1.165, 1.54) is 0 Å². The van der Waals surface area contributed by atoms with Gasteiger partial charge < -0.3 is 10.0 Å². The summed E-state index contributed by atoms with van der Waals surface area (Å²) < 4.78 is 0. The highest BCUT2D eigenvalue weighted by Crippen LogP contribution is 2.20. The SMILES string of the molecule is CC(C)c1ccc(B(O)O)c([Si](c2ccccc2)(c2ccccc2)c2ccccc2)c1C#N. The van der Waals surface area contributed by atoms with Crippen LogP contribution in [-0.2, 0) is 0 Å². The number of benzene rings is 4. The lowest BCUT2D eigenvalue weighted by Crippen LogP contribution is -2.79. The van der Waals surface area contributed by atoms with Gasteiger partial charge in [-0.25, -0.2) is 0 Å². The molecule has 2 N–H and O–H groups in total. The summed E-state index contributed by atoms with van der Waals surface area (Å²) in [6.45, 7) is 4.12. The first-order valence-electron chi connectivity index (χ1n) is 11.1. The summed E-state index contributed by atoms with van der Waals surface area (Å²) >= 11 is 0. The maximum atomic E-state index is 10.5. The van der Waals surface area contributed by atoms with Gasteiger partial charge in [0.15, 0.2) is 8.07 Å². The lowest BCUT2D eigenvalue weighted by atomic mass is 9.78. The molecule has 0 unspecified atom stereocenters. The van der Waals surface area contributed by atoms with Gasteiger partial charge in [-0.2, -0.15) is 5.26 Å². The molecule has 0 aliphatic heterocycles. The van der Waals surface area contributed by atoms with Crippen molar-refractivity contribution < 1.29 is 10.0 Å². The summed E-state index contributed by atoms with van der Waals surface area (Å²) in [6, 6.07) is 36.7. The Morgan fingerprint density at radius 1 is 0.697 bits per heavy atom. The van der Waals surface area contributed by atoms with Gasteiger partial charge in [0.2, 0.25) is 0 Å². The molecule has 0 radical (unpaired) electrons. The summed E-state index contributed by atoms with van der Waals surface area (Å²) in [4.78, 5) is 0. The Bertz CT molecular complexity index is 1170. The second-order valence-electron chi connectivity index (χ2n) is 8.48. The van der Waals surface area contributed by atoms with Crippen molar-refractivity contribution in [3.63, 3.8) is 0 Å². The maximum Gasteiger partial charge on any atom is 0.488 e. The van der Waals surface area contributed by atoms with Crippen LogP contribution in [0.25, 0.3) is 0 Å². The van der Waals surface area contributed by atoms with Gasteiger partial charge in [0, 0.05) is 0 Å². The molecule has 0 atom stereocenters. The molecule has 4 aromatic rings. The van der Waals surface area contributed by atoms with Crippen LogP contribution in [0.4, 0.5) is 0 Å². The van der Waals surface area contributed by atoms with Crippen LogP contribution in [-0.4, -0.2) is 25.2 Å². The minimum Gasteiger partial charge on any atom is -0.423 e. The zero-order valence-electron chi connectivity index (χ0n) is 18.8. The van der Waals surface area contributed by atoms with E-state index < -0.39 is 15.2 Å². The molecule has 0 spiro atoms. The first kappa shape index (κ1) is 22.8. The van der Waals surface area contributed by atoms with E-state index in [0.717, 1.165) is 26.3 Å². The van der Waals surface area contributed by atoms with Crippen LogP contribution in [0.5, 0.6) is 0 Å². The quantitative estimate of drug-likeness (QED) is 0.350. The number of hydrogen-bond donors (Lipinski definition) is 2. The van der Waals surface area contributed by atoms with Gasteiger partial charge >= 0.3 is 7.12 Å². The summed E-state index contributed by atoms with van der Waals surface area (Å²) in [5.41, 5.74) is 1.84. The highest BCUT2D eigenvalue weighted by Gasteiger charge is 2.46. The van der Waals surface area contributed by atoms with Crippen LogP contribution < -0.4 is 26.2 Å². The van der Waals surface area contributed by atoms with Gasteiger partial charge in [-0.05, 0) is 37.7 Å². The molecule has 0 amide bonds. The highest BCUT2D eigenvalue weighted by atomic mass is 28.3. The lowest BCUT2D eigenvalue weighted by molar-refractivity contribution is 0.426. The van der Waals surface area contributed by atoms with Crippen molar-refractivity contribution in [3.05, 3.63) is 114 Å². The number of nitrogens with zero attached hydrogens (tertiary/aromatic N) is 1. The molecule has 4 aromatic carbocycles. The smallest absolute Gasteiger partial charge is 0.423 e. The Morgan fingerprint density at radius 2 is 1.12 bits per heavy atom. The van der Waals surface area contributed by atoms with E-state index in [-0.39, 0.29) is 5.92 Å². The van der Waals surface area contributed by atoms with Crippen LogP contribution >= 0.6 is 0 Å². The van der Waals surface area contributed by atoms with Crippen molar-refractivity contribution in [1.82, 2.24) is 0 Å². The normalized spacial score (nSPS) is 11.3. The Labute approximate surface area is 196 Å². The average Bonchev–Trinajstić information content (AvgIpc) is 2.86. The van der Waals surface area contributed by atoms with Crippen molar-refractivity contribution in [2.45, 2.75) is 19.8 Å². The highest BCUT2D eigenvalue weighted by molar-refractivity contribution is 7.21. The van der Waals surface area contributed by atoms with E-state index in [0.29, 0.717) is 11.0 Å². The Balaban J connectivity index is 2.30. The summed E-state index contributed by atoms with van der Waals surface area (Å²) in [6.07, 6.45) is 0. The third-order valence-corrected chi connectivity index (χ3v) is 11.2. The molecule has 162 valence electrons. The fourth-order valence-electron chi connectivity index (χ4n) is 4.85. The molecule has 0 aromatic heterocycles. The van der Waals surface area contributed by atoms with Gasteiger partial charge in [-0.15, -0.1) is 0 Å². The van der Waals surface area contributed by atoms with Gasteiger partial charge in [-0.3, -0.25) is 0 Å². The standard InChI is InChI=1S/C28H26BNO2Si/c1-21(2)25-18-19-27(29(31)32)28(26(25)20-30)33(22-12-6-3-7-13-22,23-14-8-4-9-15-23)24-16-10-5-11-17-24/h3-19,21,31-32H,1-2H3. The summed E-state index contributed by atoms with van der Waals surface area (Å²) in [7, 11) is -4.79.